The van der Waals surface area contributed by atoms with Crippen molar-refractivity contribution in [2.45, 2.75) is 20.5 Å². The van der Waals surface area contributed by atoms with Crippen molar-refractivity contribution in [1.82, 2.24) is 9.56 Å². The van der Waals surface area contributed by atoms with Crippen molar-refractivity contribution in [2.75, 3.05) is 5.32 Å². The van der Waals surface area contributed by atoms with Crippen molar-refractivity contribution >= 4 is 17.2 Å². The number of aromatic nitrogens is 2. The van der Waals surface area contributed by atoms with Gasteiger partial charge in [0.2, 0.25) is 0 Å². The molecule has 0 saturated carbocycles. The molecule has 7 nitrogen and oxygen atoms in total. The van der Waals surface area contributed by atoms with Crippen LogP contribution in [-0.2, 0) is 6.61 Å². The lowest BCUT2D eigenvalue weighted by atomic mass is 10.1. The van der Waals surface area contributed by atoms with Gasteiger partial charge in [-0.25, -0.2) is 9.37 Å². The van der Waals surface area contributed by atoms with E-state index in [0.717, 1.165) is 10.1 Å². The molecule has 1 amide bonds. The summed E-state index contributed by atoms with van der Waals surface area (Å²) in [6.07, 6.45) is 0. The SMILES string of the molecule is Cc1cc2nc(COc3cc(NC(=O)c4ccccc4F)ccc3C)cc(=O)n2o1. The second-order valence-corrected chi connectivity index (χ2v) is 6.79. The van der Waals surface area contributed by atoms with Crippen molar-refractivity contribution in [3.63, 3.8) is 0 Å². The lowest BCUT2D eigenvalue weighted by Crippen LogP contribution is -2.15. The minimum absolute atomic E-state index is 0.0473. The molecule has 8 heteroatoms. The van der Waals surface area contributed by atoms with Crippen LogP contribution < -0.4 is 15.6 Å². The minimum atomic E-state index is -0.596. The first-order chi connectivity index (χ1) is 14.4. The highest BCUT2D eigenvalue weighted by molar-refractivity contribution is 6.04. The van der Waals surface area contributed by atoms with Gasteiger partial charge in [0, 0.05) is 23.9 Å². The lowest BCUT2D eigenvalue weighted by molar-refractivity contribution is 0.102. The molecule has 0 saturated heterocycles. The molecule has 0 aliphatic rings. The number of hydrogen-bond donors (Lipinski definition) is 1. The van der Waals surface area contributed by atoms with E-state index in [2.05, 4.69) is 10.3 Å². The molecular weight excluding hydrogens is 389 g/mol. The Hall–Kier alpha value is -3.94. The van der Waals surface area contributed by atoms with E-state index >= 15 is 0 Å². The fraction of sp³-hybridized carbons (Fsp3) is 0.136. The largest absolute Gasteiger partial charge is 0.487 e. The van der Waals surface area contributed by atoms with Crippen molar-refractivity contribution < 1.29 is 18.4 Å². The van der Waals surface area contributed by atoms with Crippen LogP contribution in [0.1, 0.15) is 27.4 Å². The molecule has 1 N–H and O–H groups in total. The molecule has 0 unspecified atom stereocenters. The van der Waals surface area contributed by atoms with E-state index in [4.69, 9.17) is 9.26 Å². The Morgan fingerprint density at radius 1 is 1.17 bits per heavy atom. The number of amides is 1. The third-order valence-corrected chi connectivity index (χ3v) is 4.46. The number of fused-ring (bicyclic) bond motifs is 1. The molecule has 2 heterocycles. The topological polar surface area (TPSA) is 85.8 Å². The van der Waals surface area contributed by atoms with Gasteiger partial charge >= 0.3 is 0 Å². The van der Waals surface area contributed by atoms with E-state index in [9.17, 15) is 14.0 Å². The van der Waals surface area contributed by atoms with Crippen LogP contribution in [0.3, 0.4) is 0 Å². The summed E-state index contributed by atoms with van der Waals surface area (Å²) < 4.78 is 26.0. The molecule has 152 valence electrons. The first-order valence-corrected chi connectivity index (χ1v) is 9.19. The van der Waals surface area contributed by atoms with Gasteiger partial charge < -0.3 is 14.6 Å². The maximum absolute atomic E-state index is 13.8. The molecule has 0 atom stereocenters. The number of rotatable bonds is 5. The Morgan fingerprint density at radius 2 is 1.97 bits per heavy atom. The Balaban J connectivity index is 1.52. The van der Waals surface area contributed by atoms with Crippen LogP contribution in [0.25, 0.3) is 5.65 Å². The highest BCUT2D eigenvalue weighted by Crippen LogP contribution is 2.24. The van der Waals surface area contributed by atoms with Crippen LogP contribution in [0.2, 0.25) is 0 Å². The van der Waals surface area contributed by atoms with Crippen LogP contribution >= 0.6 is 0 Å². The molecular formula is C22H18FN3O4. The first-order valence-electron chi connectivity index (χ1n) is 9.19. The molecule has 0 aliphatic heterocycles. The van der Waals surface area contributed by atoms with Crippen LogP contribution in [0.15, 0.2) is 63.9 Å². The number of nitrogens with zero attached hydrogens (tertiary/aromatic N) is 2. The predicted molar refractivity (Wildman–Crippen MR) is 108 cm³/mol. The number of hydrogen-bond acceptors (Lipinski definition) is 5. The van der Waals surface area contributed by atoms with E-state index in [1.54, 1.807) is 37.3 Å². The van der Waals surface area contributed by atoms with Gasteiger partial charge in [-0.3, -0.25) is 9.59 Å². The van der Waals surface area contributed by atoms with Crippen molar-refractivity contribution in [1.29, 1.82) is 0 Å². The average Bonchev–Trinajstić information content (AvgIpc) is 3.09. The van der Waals surface area contributed by atoms with Crippen LogP contribution in [0, 0.1) is 19.7 Å². The van der Waals surface area contributed by atoms with Gasteiger partial charge in [-0.15, -0.1) is 4.57 Å². The predicted octanol–water partition coefficient (Wildman–Crippen LogP) is 3.87. The van der Waals surface area contributed by atoms with Crippen molar-refractivity contribution in [3.05, 3.63) is 93.3 Å². The zero-order chi connectivity index (χ0) is 21.3. The number of aryl methyl sites for hydroxylation is 2. The molecule has 4 rings (SSSR count). The molecule has 0 radical (unpaired) electrons. The Kier molecular flexibility index (Phi) is 5.05. The molecule has 0 aliphatic carbocycles. The zero-order valence-corrected chi connectivity index (χ0v) is 16.3. The van der Waals surface area contributed by atoms with Gasteiger partial charge in [-0.1, -0.05) is 18.2 Å². The summed E-state index contributed by atoms with van der Waals surface area (Å²) in [5, 5.41) is 2.66. The summed E-state index contributed by atoms with van der Waals surface area (Å²) in [5.41, 5.74) is 1.75. The molecule has 0 spiro atoms. The summed E-state index contributed by atoms with van der Waals surface area (Å²) in [6.45, 7) is 3.64. The first kappa shape index (κ1) is 19.4. The zero-order valence-electron chi connectivity index (χ0n) is 16.3. The summed E-state index contributed by atoms with van der Waals surface area (Å²) in [4.78, 5) is 28.8. The number of carbonyl (C=O) groups excluding carboxylic acids is 1. The van der Waals surface area contributed by atoms with E-state index < -0.39 is 11.7 Å². The van der Waals surface area contributed by atoms with Crippen LogP contribution in [0.5, 0.6) is 5.75 Å². The Morgan fingerprint density at radius 3 is 2.77 bits per heavy atom. The highest BCUT2D eigenvalue weighted by Gasteiger charge is 2.13. The fourth-order valence-corrected chi connectivity index (χ4v) is 2.98. The number of carbonyl (C=O) groups is 1. The molecule has 30 heavy (non-hydrogen) atoms. The number of benzene rings is 2. The number of anilines is 1. The maximum Gasteiger partial charge on any atom is 0.287 e. The molecule has 2 aromatic heterocycles. The van der Waals surface area contributed by atoms with E-state index in [1.165, 1.54) is 24.3 Å². The average molecular weight is 407 g/mol. The third kappa shape index (κ3) is 3.93. The summed E-state index contributed by atoms with van der Waals surface area (Å²) in [7, 11) is 0. The molecule has 0 fully saturated rings. The van der Waals surface area contributed by atoms with Crippen molar-refractivity contribution in [3.8, 4) is 5.75 Å². The van der Waals surface area contributed by atoms with E-state index in [1.807, 2.05) is 6.92 Å². The molecule has 4 aromatic rings. The van der Waals surface area contributed by atoms with Crippen LogP contribution in [0.4, 0.5) is 10.1 Å². The number of halogens is 1. The van der Waals surface area contributed by atoms with Gasteiger partial charge in [0.1, 0.15) is 23.9 Å². The van der Waals surface area contributed by atoms with Gasteiger partial charge in [0.15, 0.2) is 5.65 Å². The molecule has 0 bridgehead atoms. The second-order valence-electron chi connectivity index (χ2n) is 6.79. The van der Waals surface area contributed by atoms with Gasteiger partial charge in [0.25, 0.3) is 11.5 Å². The third-order valence-electron chi connectivity index (χ3n) is 4.46. The summed E-state index contributed by atoms with van der Waals surface area (Å²) in [5.74, 6) is -0.0716. The van der Waals surface area contributed by atoms with Crippen molar-refractivity contribution in [2.24, 2.45) is 0 Å². The smallest absolute Gasteiger partial charge is 0.287 e. The summed E-state index contributed by atoms with van der Waals surface area (Å²) >= 11 is 0. The van der Waals surface area contributed by atoms with Crippen LogP contribution in [-0.4, -0.2) is 15.5 Å². The van der Waals surface area contributed by atoms with E-state index in [0.29, 0.717) is 28.5 Å². The maximum atomic E-state index is 13.8. The number of nitrogens with one attached hydrogen (secondary N) is 1. The Bertz CT molecular complexity index is 1310. The van der Waals surface area contributed by atoms with Gasteiger partial charge in [0.05, 0.1) is 11.3 Å². The monoisotopic (exact) mass is 407 g/mol. The lowest BCUT2D eigenvalue weighted by Gasteiger charge is -2.12. The summed E-state index contributed by atoms with van der Waals surface area (Å²) in [6, 6.07) is 13.9. The van der Waals surface area contributed by atoms with Gasteiger partial charge in [-0.2, -0.15) is 0 Å². The number of ether oxygens (including phenoxy) is 1. The fourth-order valence-electron chi connectivity index (χ4n) is 2.98. The van der Waals surface area contributed by atoms with E-state index in [-0.39, 0.29) is 17.7 Å². The standard InChI is InChI=1S/C22H18FN3O4/c1-13-7-8-15(25-22(28)17-5-3-4-6-18(17)23)10-19(13)29-12-16-11-21(27)26-20(24-16)9-14(2)30-26/h3-11H,12H2,1-2H3,(H,25,28). The Labute approximate surface area is 170 Å². The quantitative estimate of drug-likeness (QED) is 0.543. The highest BCUT2D eigenvalue weighted by atomic mass is 19.1. The normalized spacial score (nSPS) is 10.9. The second kappa shape index (κ2) is 7.82. The van der Waals surface area contributed by atoms with Gasteiger partial charge in [-0.05, 0) is 37.6 Å². The minimum Gasteiger partial charge on any atom is -0.487 e. The molecule has 2 aromatic carbocycles.